The summed E-state index contributed by atoms with van der Waals surface area (Å²) < 4.78 is 13.1. The molecule has 3 aromatic carbocycles. The summed E-state index contributed by atoms with van der Waals surface area (Å²) in [4.78, 5) is 28.1. The molecule has 1 atom stereocenters. The Morgan fingerprint density at radius 2 is 1.64 bits per heavy atom. The van der Waals surface area contributed by atoms with E-state index in [1.54, 1.807) is 36.2 Å². The van der Waals surface area contributed by atoms with Crippen molar-refractivity contribution < 1.29 is 14.3 Å². The largest absolute Gasteiger partial charge is 0.486 e. The van der Waals surface area contributed by atoms with Gasteiger partial charge in [-0.05, 0) is 23.8 Å². The summed E-state index contributed by atoms with van der Waals surface area (Å²) in [6.45, 7) is 0.947. The Hall–Kier alpha value is -4.13. The van der Waals surface area contributed by atoms with Crippen LogP contribution in [-0.4, -0.2) is 46.9 Å². The Kier molecular flexibility index (Phi) is 5.52. The molecule has 0 aliphatic carbocycles. The fourth-order valence-electron chi connectivity index (χ4n) is 3.98. The predicted octanol–water partition coefficient (Wildman–Crippen LogP) is 3.36. The van der Waals surface area contributed by atoms with Gasteiger partial charge in [0.25, 0.3) is 11.5 Å². The molecule has 5 rings (SSSR count). The summed E-state index contributed by atoms with van der Waals surface area (Å²) in [6, 6.07) is 24.1. The molecule has 0 saturated heterocycles. The van der Waals surface area contributed by atoms with Gasteiger partial charge in [-0.3, -0.25) is 9.59 Å². The Morgan fingerprint density at radius 3 is 2.42 bits per heavy atom. The Balaban J connectivity index is 1.44. The van der Waals surface area contributed by atoms with Crippen LogP contribution >= 0.6 is 0 Å². The molecule has 0 fully saturated rings. The van der Waals surface area contributed by atoms with Crippen molar-refractivity contribution in [1.29, 1.82) is 0 Å². The molecule has 4 aromatic rings. The minimum Gasteiger partial charge on any atom is -0.486 e. The maximum absolute atomic E-state index is 13.4. The van der Waals surface area contributed by atoms with Crippen LogP contribution in [0.25, 0.3) is 10.8 Å². The highest BCUT2D eigenvalue weighted by Gasteiger charge is 2.26. The quantitative estimate of drug-likeness (QED) is 0.475. The number of hydrogen-bond donors (Lipinski definition) is 0. The Bertz CT molecular complexity index is 1370. The lowest BCUT2D eigenvalue weighted by Crippen LogP contribution is -2.42. The molecule has 1 aliphatic heterocycles. The number of likely N-dealkylation sites (N-methyl/N-ethyl adjacent to an activating group) is 1. The predicted molar refractivity (Wildman–Crippen MR) is 125 cm³/mol. The van der Waals surface area contributed by atoms with Crippen molar-refractivity contribution in [2.24, 2.45) is 0 Å². The molecular weight excluding hydrogens is 418 g/mol. The molecule has 0 radical (unpaired) electrons. The molecule has 0 N–H and O–H groups in total. The van der Waals surface area contributed by atoms with E-state index in [0.717, 1.165) is 5.56 Å². The standard InChI is InChI=1S/C26H23N3O4/c1-28(16-19-17-32-22-13-7-8-14-23(22)33-19)26(31)24-20-11-5-6-12-21(20)25(30)29(27-24)15-18-9-3-2-4-10-18/h2-14,19H,15-17H2,1H3/t19-/m0/s1. The maximum Gasteiger partial charge on any atom is 0.274 e. The van der Waals surface area contributed by atoms with Gasteiger partial charge in [0.05, 0.1) is 18.5 Å². The van der Waals surface area contributed by atoms with Gasteiger partial charge in [-0.1, -0.05) is 60.7 Å². The Labute approximate surface area is 190 Å². The molecule has 7 heteroatoms. The first-order valence-electron chi connectivity index (χ1n) is 10.8. The second-order valence-electron chi connectivity index (χ2n) is 8.03. The lowest BCUT2D eigenvalue weighted by Gasteiger charge is -2.29. The third-order valence-electron chi connectivity index (χ3n) is 5.64. The highest BCUT2D eigenvalue weighted by atomic mass is 16.6. The van der Waals surface area contributed by atoms with E-state index in [1.165, 1.54) is 4.68 Å². The van der Waals surface area contributed by atoms with Crippen molar-refractivity contribution >= 4 is 16.7 Å². The molecule has 1 amide bonds. The summed E-state index contributed by atoms with van der Waals surface area (Å²) in [5.41, 5.74) is 0.940. The number of rotatable bonds is 5. The molecule has 1 aromatic heterocycles. The number of amides is 1. The van der Waals surface area contributed by atoms with Crippen LogP contribution < -0.4 is 15.0 Å². The van der Waals surface area contributed by atoms with Crippen LogP contribution in [0.15, 0.2) is 83.7 Å². The van der Waals surface area contributed by atoms with Crippen LogP contribution in [0.3, 0.4) is 0 Å². The number of fused-ring (bicyclic) bond motifs is 2. The fraction of sp³-hybridized carbons (Fsp3) is 0.192. The average molecular weight is 441 g/mol. The highest BCUT2D eigenvalue weighted by molar-refractivity contribution is 6.04. The highest BCUT2D eigenvalue weighted by Crippen LogP contribution is 2.31. The smallest absolute Gasteiger partial charge is 0.274 e. The van der Waals surface area contributed by atoms with Crippen LogP contribution in [0.5, 0.6) is 11.5 Å². The van der Waals surface area contributed by atoms with Crippen molar-refractivity contribution in [1.82, 2.24) is 14.7 Å². The second kappa shape index (κ2) is 8.78. The normalized spacial score (nSPS) is 14.8. The van der Waals surface area contributed by atoms with Crippen LogP contribution in [-0.2, 0) is 6.54 Å². The molecule has 0 bridgehead atoms. The lowest BCUT2D eigenvalue weighted by atomic mass is 10.1. The molecule has 1 aliphatic rings. The average Bonchev–Trinajstić information content (AvgIpc) is 2.86. The first-order chi connectivity index (χ1) is 16.1. The summed E-state index contributed by atoms with van der Waals surface area (Å²) in [6.07, 6.45) is -0.310. The van der Waals surface area contributed by atoms with Gasteiger partial charge in [0.1, 0.15) is 6.61 Å². The molecule has 7 nitrogen and oxygen atoms in total. The Morgan fingerprint density at radius 1 is 0.970 bits per heavy atom. The van der Waals surface area contributed by atoms with Crippen molar-refractivity contribution in [2.75, 3.05) is 20.2 Å². The molecule has 33 heavy (non-hydrogen) atoms. The topological polar surface area (TPSA) is 73.7 Å². The van der Waals surface area contributed by atoms with Gasteiger partial charge in [-0.15, -0.1) is 0 Å². The van der Waals surface area contributed by atoms with Gasteiger partial charge in [-0.2, -0.15) is 5.10 Å². The zero-order valence-corrected chi connectivity index (χ0v) is 18.2. The lowest BCUT2D eigenvalue weighted by molar-refractivity contribution is 0.0517. The molecule has 0 saturated carbocycles. The fourth-order valence-corrected chi connectivity index (χ4v) is 3.98. The molecular formula is C26H23N3O4. The monoisotopic (exact) mass is 441 g/mol. The number of carbonyl (C=O) groups excluding carboxylic acids is 1. The van der Waals surface area contributed by atoms with Crippen LogP contribution in [0.2, 0.25) is 0 Å². The van der Waals surface area contributed by atoms with E-state index in [-0.39, 0.29) is 29.8 Å². The molecule has 166 valence electrons. The SMILES string of the molecule is CN(C[C@H]1COc2ccccc2O1)C(=O)c1nn(Cc2ccccc2)c(=O)c2ccccc12. The number of para-hydroxylation sites is 2. The number of aromatic nitrogens is 2. The van der Waals surface area contributed by atoms with Gasteiger partial charge < -0.3 is 14.4 Å². The van der Waals surface area contributed by atoms with Crippen molar-refractivity contribution in [3.63, 3.8) is 0 Å². The third kappa shape index (κ3) is 4.17. The van der Waals surface area contributed by atoms with Gasteiger partial charge in [0.15, 0.2) is 23.3 Å². The third-order valence-corrected chi connectivity index (χ3v) is 5.64. The van der Waals surface area contributed by atoms with Gasteiger partial charge in [-0.25, -0.2) is 4.68 Å². The number of hydrogen-bond acceptors (Lipinski definition) is 5. The minimum atomic E-state index is -0.310. The van der Waals surface area contributed by atoms with Crippen LogP contribution in [0, 0.1) is 0 Å². The van der Waals surface area contributed by atoms with Crippen molar-refractivity contribution in [3.05, 3.63) is 100 Å². The van der Waals surface area contributed by atoms with Gasteiger partial charge >= 0.3 is 0 Å². The first kappa shape index (κ1) is 20.8. The number of benzene rings is 3. The van der Waals surface area contributed by atoms with E-state index < -0.39 is 0 Å². The van der Waals surface area contributed by atoms with Crippen LogP contribution in [0.4, 0.5) is 0 Å². The molecule has 0 spiro atoms. The summed E-state index contributed by atoms with van der Waals surface area (Å²) >= 11 is 0. The second-order valence-corrected chi connectivity index (χ2v) is 8.03. The molecule has 0 unspecified atom stereocenters. The maximum atomic E-state index is 13.4. The van der Waals surface area contributed by atoms with Crippen LogP contribution in [0.1, 0.15) is 16.1 Å². The van der Waals surface area contributed by atoms with Gasteiger partial charge in [0.2, 0.25) is 0 Å². The summed E-state index contributed by atoms with van der Waals surface area (Å²) in [5, 5.41) is 5.49. The number of ether oxygens (including phenoxy) is 2. The molecule has 2 heterocycles. The zero-order valence-electron chi connectivity index (χ0n) is 18.2. The van der Waals surface area contributed by atoms with E-state index in [9.17, 15) is 9.59 Å². The van der Waals surface area contributed by atoms with Gasteiger partial charge in [0, 0.05) is 12.4 Å². The van der Waals surface area contributed by atoms with E-state index in [0.29, 0.717) is 35.4 Å². The number of nitrogens with zero attached hydrogens (tertiary/aromatic N) is 3. The van der Waals surface area contributed by atoms with Crippen molar-refractivity contribution in [2.45, 2.75) is 12.6 Å². The summed E-state index contributed by atoms with van der Waals surface area (Å²) in [7, 11) is 1.70. The van der Waals surface area contributed by atoms with E-state index >= 15 is 0 Å². The number of carbonyl (C=O) groups is 1. The van der Waals surface area contributed by atoms with E-state index in [2.05, 4.69) is 5.10 Å². The van der Waals surface area contributed by atoms with Crippen molar-refractivity contribution in [3.8, 4) is 11.5 Å². The first-order valence-corrected chi connectivity index (χ1v) is 10.8. The minimum absolute atomic E-state index is 0.228. The van der Waals surface area contributed by atoms with E-state index in [1.807, 2.05) is 54.6 Å². The summed E-state index contributed by atoms with van der Waals surface area (Å²) in [5.74, 6) is 1.08. The zero-order chi connectivity index (χ0) is 22.8. The van der Waals surface area contributed by atoms with E-state index in [4.69, 9.17) is 9.47 Å².